The van der Waals surface area contributed by atoms with Crippen LogP contribution in [0.4, 0.5) is 28.4 Å². The lowest BCUT2D eigenvalue weighted by Gasteiger charge is -2.18. The number of sulfonamides is 1. The van der Waals surface area contributed by atoms with Gasteiger partial charge in [0.1, 0.15) is 17.1 Å². The van der Waals surface area contributed by atoms with Gasteiger partial charge in [0, 0.05) is 41.3 Å². The van der Waals surface area contributed by atoms with Crippen LogP contribution in [0.15, 0.2) is 89.7 Å². The normalized spacial score (nSPS) is 12.2. The van der Waals surface area contributed by atoms with E-state index in [4.69, 9.17) is 0 Å². The summed E-state index contributed by atoms with van der Waals surface area (Å²) in [5.41, 5.74) is 1.93. The zero-order valence-corrected chi connectivity index (χ0v) is 26.4. The van der Waals surface area contributed by atoms with Crippen molar-refractivity contribution in [2.24, 2.45) is 20.5 Å². The van der Waals surface area contributed by atoms with Gasteiger partial charge in [-0.25, -0.2) is 8.42 Å². The number of hydrogen-bond donors (Lipinski definition) is 5. The number of phenols is 2. The molecule has 4 aromatic rings. The molecule has 14 heteroatoms. The van der Waals surface area contributed by atoms with Crippen molar-refractivity contribution < 1.29 is 23.4 Å². The molecule has 0 bridgehead atoms. The van der Waals surface area contributed by atoms with E-state index in [1.807, 2.05) is 0 Å². The summed E-state index contributed by atoms with van der Waals surface area (Å²) in [6.07, 6.45) is 0. The Morgan fingerprint density at radius 3 is 2.19 bits per heavy atom. The number of nitrogens with zero attached hydrogens (tertiary/aromatic N) is 5. The van der Waals surface area contributed by atoms with Crippen LogP contribution in [-0.4, -0.2) is 41.9 Å². The lowest BCUT2D eigenvalue weighted by molar-refractivity contribution is -0.114. The number of fused-ring (bicyclic) bond motifs is 1. The Balaban J connectivity index is 1.61. The average Bonchev–Trinajstić information content (AvgIpc) is 2.93. The number of hydrogen-bond acceptors (Lipinski definition) is 11. The number of carbonyl (C=O) groups is 1. The van der Waals surface area contributed by atoms with E-state index in [0.29, 0.717) is 56.3 Å². The average molecular weight is 639 g/mol. The number of benzene rings is 4. The minimum absolute atomic E-state index is 0.0432. The molecule has 0 heterocycles. The topological polar surface area (TPSA) is 156 Å². The second-order valence-electron chi connectivity index (χ2n) is 9.48. The van der Waals surface area contributed by atoms with Gasteiger partial charge in [-0.2, -0.15) is 14.5 Å². The molecule has 0 aliphatic rings. The fourth-order valence-corrected chi connectivity index (χ4v) is 6.36. The predicted octanol–water partition coefficient (Wildman–Crippen LogP) is 7.96. The summed E-state index contributed by atoms with van der Waals surface area (Å²) in [5, 5.41) is 41.9. The van der Waals surface area contributed by atoms with E-state index >= 15 is 0 Å². The third-order valence-electron chi connectivity index (χ3n) is 6.46. The molecule has 0 aliphatic heterocycles. The molecule has 43 heavy (non-hydrogen) atoms. The first-order valence-electron chi connectivity index (χ1n) is 13.1. The van der Waals surface area contributed by atoms with Crippen molar-refractivity contribution >= 4 is 80.4 Å². The van der Waals surface area contributed by atoms with Gasteiger partial charge in [0.15, 0.2) is 5.75 Å². The Morgan fingerprint density at radius 1 is 0.907 bits per heavy atom. The number of thiol groups is 2. The maximum atomic E-state index is 12.7. The summed E-state index contributed by atoms with van der Waals surface area (Å²) >= 11 is 8.81. The highest BCUT2D eigenvalue weighted by atomic mass is 32.2. The Morgan fingerprint density at radius 2 is 1.56 bits per heavy atom. The highest BCUT2D eigenvalue weighted by molar-refractivity contribution is 7.89. The molecule has 0 spiro atoms. The molecule has 3 N–H and O–H groups in total. The number of aryl methyl sites for hydroxylation is 1. The first-order chi connectivity index (χ1) is 20.3. The fraction of sp³-hybridized carbons (Fsp3) is 0.207. The number of anilines is 1. The predicted molar refractivity (Wildman–Crippen MR) is 172 cm³/mol. The van der Waals surface area contributed by atoms with Crippen LogP contribution < -0.4 is 5.32 Å². The molecule has 0 aliphatic carbocycles. The number of carbonyl (C=O) groups excluding carboxylic acids is 1. The second-order valence-corrected chi connectivity index (χ2v) is 12.4. The van der Waals surface area contributed by atoms with Crippen LogP contribution in [0, 0.1) is 6.92 Å². The second kappa shape index (κ2) is 13.1. The third kappa shape index (κ3) is 6.99. The first kappa shape index (κ1) is 31.9. The van der Waals surface area contributed by atoms with Gasteiger partial charge in [0.05, 0.1) is 22.0 Å². The Labute approximate surface area is 260 Å². The van der Waals surface area contributed by atoms with Crippen LogP contribution in [0.3, 0.4) is 0 Å². The molecule has 4 aromatic carbocycles. The largest absolute Gasteiger partial charge is 0.506 e. The molecule has 0 fully saturated rings. The summed E-state index contributed by atoms with van der Waals surface area (Å²) in [6, 6.07) is 14.0. The first-order valence-corrected chi connectivity index (χ1v) is 15.5. The molecule has 1 amide bonds. The number of phenolic OH excluding ortho intramolecular Hbond substituents is 2. The van der Waals surface area contributed by atoms with Crippen LogP contribution in [0.2, 0.25) is 0 Å². The molecule has 11 nitrogen and oxygen atoms in total. The van der Waals surface area contributed by atoms with E-state index in [2.05, 4.69) is 51.0 Å². The molecule has 224 valence electrons. The quantitative estimate of drug-likeness (QED) is 0.0929. The van der Waals surface area contributed by atoms with Gasteiger partial charge in [0.25, 0.3) is 0 Å². The van der Waals surface area contributed by atoms with Crippen molar-refractivity contribution in [1.82, 2.24) is 4.31 Å². The summed E-state index contributed by atoms with van der Waals surface area (Å²) in [6.45, 7) is 7.40. The number of rotatable bonds is 9. The summed E-state index contributed by atoms with van der Waals surface area (Å²) in [4.78, 5) is 12.8. The maximum absolute atomic E-state index is 12.7. The van der Waals surface area contributed by atoms with Crippen molar-refractivity contribution in [2.45, 2.75) is 42.4 Å². The Kier molecular flexibility index (Phi) is 9.75. The number of nitrogens with one attached hydrogen (secondary N) is 1. The Bertz CT molecular complexity index is 1870. The third-order valence-corrected chi connectivity index (χ3v) is 9.13. The smallest absolute Gasteiger partial charge is 0.243 e. The minimum atomic E-state index is -3.58. The minimum Gasteiger partial charge on any atom is -0.506 e. The number of azo groups is 2. The van der Waals surface area contributed by atoms with E-state index in [0.717, 1.165) is 0 Å². The molecule has 0 saturated heterocycles. The van der Waals surface area contributed by atoms with Gasteiger partial charge < -0.3 is 15.5 Å². The molecule has 0 saturated carbocycles. The lowest BCUT2D eigenvalue weighted by Crippen LogP contribution is -2.30. The van der Waals surface area contributed by atoms with Crippen molar-refractivity contribution in [3.8, 4) is 11.5 Å². The SMILES string of the molecule is CCN(CC)S(=O)(=O)c1ccc(/N=N/c2cc(O)c(/N=N/c3c(S)cc4cc(S)cc(NC(C)=O)c4c3O)cc2C)cc1. The van der Waals surface area contributed by atoms with E-state index < -0.39 is 10.0 Å². The molecule has 0 radical (unpaired) electrons. The highest BCUT2D eigenvalue weighted by Gasteiger charge is 2.21. The maximum Gasteiger partial charge on any atom is 0.243 e. The molecular formula is C29H30N6O5S3. The number of aromatic hydroxyl groups is 2. The van der Waals surface area contributed by atoms with Crippen LogP contribution in [0.5, 0.6) is 11.5 Å². The van der Waals surface area contributed by atoms with Gasteiger partial charge >= 0.3 is 0 Å². The molecule has 0 aromatic heterocycles. The van der Waals surface area contributed by atoms with Crippen molar-refractivity contribution in [1.29, 1.82) is 0 Å². The van der Waals surface area contributed by atoms with E-state index in [9.17, 15) is 23.4 Å². The zero-order valence-electron chi connectivity index (χ0n) is 23.8. The van der Waals surface area contributed by atoms with Gasteiger partial charge in [-0.05, 0) is 66.4 Å². The van der Waals surface area contributed by atoms with Gasteiger partial charge in [-0.1, -0.05) is 13.8 Å². The van der Waals surface area contributed by atoms with Crippen LogP contribution >= 0.6 is 25.3 Å². The van der Waals surface area contributed by atoms with Gasteiger partial charge in [-0.3, -0.25) is 4.79 Å². The van der Waals surface area contributed by atoms with Gasteiger partial charge in [0.2, 0.25) is 15.9 Å². The zero-order chi connectivity index (χ0) is 31.5. The van der Waals surface area contributed by atoms with Crippen LogP contribution in [0.1, 0.15) is 26.3 Å². The van der Waals surface area contributed by atoms with E-state index in [1.54, 1.807) is 57.2 Å². The molecule has 4 rings (SSSR count). The highest BCUT2D eigenvalue weighted by Crippen LogP contribution is 2.45. The monoisotopic (exact) mass is 638 g/mol. The summed E-state index contributed by atoms with van der Waals surface area (Å²) in [5.74, 6) is -0.805. The molecular weight excluding hydrogens is 609 g/mol. The molecule has 0 atom stereocenters. The fourth-order valence-electron chi connectivity index (χ4n) is 4.34. The summed E-state index contributed by atoms with van der Waals surface area (Å²) in [7, 11) is -3.58. The van der Waals surface area contributed by atoms with Crippen LogP contribution in [0.25, 0.3) is 10.8 Å². The van der Waals surface area contributed by atoms with Crippen LogP contribution in [-0.2, 0) is 14.8 Å². The summed E-state index contributed by atoms with van der Waals surface area (Å²) < 4.78 is 26.8. The molecule has 0 unspecified atom stereocenters. The number of amides is 1. The van der Waals surface area contributed by atoms with Crippen molar-refractivity contribution in [3.05, 3.63) is 60.2 Å². The van der Waals surface area contributed by atoms with Gasteiger partial charge in [-0.15, -0.1) is 35.5 Å². The van der Waals surface area contributed by atoms with Crippen molar-refractivity contribution in [3.63, 3.8) is 0 Å². The van der Waals surface area contributed by atoms with E-state index in [1.165, 1.54) is 29.4 Å². The van der Waals surface area contributed by atoms with Crippen molar-refractivity contribution in [2.75, 3.05) is 18.4 Å². The standard InChI is InChI=1S/C29H30N6O5S3/c1-5-35(6-2)43(39,40)21-9-7-19(8-10-21)31-32-22-15-25(37)23(11-16(22)3)33-34-28-26(42)13-18-12-20(41)14-24(30-17(4)36)27(18)29(28)38/h7-15,37-38,41-42H,5-6H2,1-4H3,(H,30,36)/b32-31+,34-33+. The Hall–Kier alpha value is -3.98. The lowest BCUT2D eigenvalue weighted by atomic mass is 10.1. The van der Waals surface area contributed by atoms with E-state index in [-0.39, 0.29) is 33.7 Å².